The zero-order valence-corrected chi connectivity index (χ0v) is 10.9. The molecular formula is C16H22N2. The molecule has 0 spiro atoms. The van der Waals surface area contributed by atoms with Crippen LogP contribution in [0.5, 0.6) is 0 Å². The summed E-state index contributed by atoms with van der Waals surface area (Å²) in [5, 5.41) is 3.58. The summed E-state index contributed by atoms with van der Waals surface area (Å²) in [6.07, 6.45) is 6.31. The molecule has 2 nitrogen and oxygen atoms in total. The second-order valence-corrected chi connectivity index (χ2v) is 5.40. The van der Waals surface area contributed by atoms with Crippen LogP contribution in [0.15, 0.2) is 36.4 Å². The fraction of sp³-hybridized carbons (Fsp3) is 0.500. The van der Waals surface area contributed by atoms with Crippen molar-refractivity contribution in [3.05, 3.63) is 42.0 Å². The van der Waals surface area contributed by atoms with Crippen molar-refractivity contribution in [3.8, 4) is 0 Å². The van der Waals surface area contributed by atoms with Crippen molar-refractivity contribution >= 4 is 5.57 Å². The zero-order chi connectivity index (χ0) is 12.2. The predicted molar refractivity (Wildman–Crippen MR) is 76.5 cm³/mol. The summed E-state index contributed by atoms with van der Waals surface area (Å²) >= 11 is 0. The first kappa shape index (κ1) is 11.9. The van der Waals surface area contributed by atoms with Crippen LogP contribution in [-0.4, -0.2) is 37.1 Å². The van der Waals surface area contributed by atoms with Gasteiger partial charge in [0.25, 0.3) is 0 Å². The molecule has 2 aliphatic heterocycles. The third-order valence-corrected chi connectivity index (χ3v) is 4.08. The van der Waals surface area contributed by atoms with Gasteiger partial charge in [0.05, 0.1) is 0 Å². The molecule has 1 N–H and O–H groups in total. The van der Waals surface area contributed by atoms with Crippen LogP contribution in [0, 0.1) is 0 Å². The van der Waals surface area contributed by atoms with Crippen molar-refractivity contribution in [2.45, 2.75) is 25.3 Å². The van der Waals surface area contributed by atoms with Crippen LogP contribution in [0.25, 0.3) is 5.57 Å². The highest BCUT2D eigenvalue weighted by Crippen LogP contribution is 2.22. The summed E-state index contributed by atoms with van der Waals surface area (Å²) in [5.74, 6) is 0. The van der Waals surface area contributed by atoms with E-state index < -0.39 is 0 Å². The van der Waals surface area contributed by atoms with Gasteiger partial charge in [-0.25, -0.2) is 0 Å². The summed E-state index contributed by atoms with van der Waals surface area (Å²) in [4.78, 5) is 2.58. The Labute approximate surface area is 110 Å². The molecule has 0 amide bonds. The van der Waals surface area contributed by atoms with Crippen molar-refractivity contribution in [2.24, 2.45) is 0 Å². The molecule has 0 aromatic heterocycles. The van der Waals surface area contributed by atoms with Crippen LogP contribution in [0.3, 0.4) is 0 Å². The molecule has 0 radical (unpaired) electrons. The van der Waals surface area contributed by atoms with Gasteiger partial charge in [-0.2, -0.15) is 0 Å². The normalized spacial score (nSPS) is 25.1. The monoisotopic (exact) mass is 242 g/mol. The lowest BCUT2D eigenvalue weighted by atomic mass is 9.99. The van der Waals surface area contributed by atoms with E-state index in [9.17, 15) is 0 Å². The number of rotatable bonds is 3. The molecule has 0 bridgehead atoms. The molecule has 2 heterocycles. The van der Waals surface area contributed by atoms with Gasteiger partial charge >= 0.3 is 0 Å². The Morgan fingerprint density at radius 2 is 2.11 bits per heavy atom. The van der Waals surface area contributed by atoms with Gasteiger partial charge < -0.3 is 5.32 Å². The van der Waals surface area contributed by atoms with Crippen LogP contribution >= 0.6 is 0 Å². The first-order chi connectivity index (χ1) is 8.92. The number of nitrogens with one attached hydrogen (secondary N) is 1. The van der Waals surface area contributed by atoms with E-state index in [-0.39, 0.29) is 0 Å². The molecule has 1 unspecified atom stereocenters. The summed E-state index contributed by atoms with van der Waals surface area (Å²) in [7, 11) is 0. The van der Waals surface area contributed by atoms with Gasteiger partial charge in [-0.15, -0.1) is 0 Å². The highest BCUT2D eigenvalue weighted by atomic mass is 15.2. The molecule has 2 aliphatic rings. The van der Waals surface area contributed by atoms with Crippen LogP contribution in [0.4, 0.5) is 0 Å². The van der Waals surface area contributed by atoms with E-state index in [1.165, 1.54) is 50.0 Å². The predicted octanol–water partition coefficient (Wildman–Crippen LogP) is 2.53. The maximum atomic E-state index is 3.58. The molecule has 96 valence electrons. The van der Waals surface area contributed by atoms with E-state index in [2.05, 4.69) is 46.6 Å². The second kappa shape index (κ2) is 5.68. The topological polar surface area (TPSA) is 15.3 Å². The lowest BCUT2D eigenvalue weighted by Gasteiger charge is -2.28. The Kier molecular flexibility index (Phi) is 3.77. The number of nitrogens with zero attached hydrogens (tertiary/aromatic N) is 1. The van der Waals surface area contributed by atoms with E-state index in [4.69, 9.17) is 0 Å². The van der Waals surface area contributed by atoms with E-state index in [0.29, 0.717) is 0 Å². The van der Waals surface area contributed by atoms with Gasteiger partial charge in [0.1, 0.15) is 0 Å². The molecule has 1 saturated heterocycles. The minimum atomic E-state index is 0.733. The molecule has 1 aromatic carbocycles. The fourth-order valence-corrected chi connectivity index (χ4v) is 3.02. The SMILES string of the molecule is C1=C(c2ccccc2)CCN(CC2CCCN2)C1. The molecule has 1 aromatic rings. The van der Waals surface area contributed by atoms with Gasteiger partial charge in [0, 0.05) is 25.7 Å². The van der Waals surface area contributed by atoms with Crippen molar-refractivity contribution in [1.29, 1.82) is 0 Å². The van der Waals surface area contributed by atoms with Crippen molar-refractivity contribution < 1.29 is 0 Å². The highest BCUT2D eigenvalue weighted by Gasteiger charge is 2.19. The van der Waals surface area contributed by atoms with Gasteiger partial charge in [0.2, 0.25) is 0 Å². The molecule has 1 atom stereocenters. The summed E-state index contributed by atoms with van der Waals surface area (Å²) in [5.41, 5.74) is 2.92. The van der Waals surface area contributed by atoms with E-state index in [1.807, 2.05) is 0 Å². The molecule has 3 rings (SSSR count). The maximum absolute atomic E-state index is 3.58. The Morgan fingerprint density at radius 1 is 1.22 bits per heavy atom. The Hall–Kier alpha value is -1.12. The van der Waals surface area contributed by atoms with Gasteiger partial charge in [-0.05, 0) is 36.9 Å². The van der Waals surface area contributed by atoms with Crippen LogP contribution in [-0.2, 0) is 0 Å². The van der Waals surface area contributed by atoms with Crippen molar-refractivity contribution in [3.63, 3.8) is 0 Å². The third-order valence-electron chi connectivity index (χ3n) is 4.08. The highest BCUT2D eigenvalue weighted by molar-refractivity contribution is 5.66. The summed E-state index contributed by atoms with van der Waals surface area (Å²) < 4.78 is 0. The smallest absolute Gasteiger partial charge is 0.0195 e. The van der Waals surface area contributed by atoms with Gasteiger partial charge in [-0.1, -0.05) is 36.4 Å². The zero-order valence-electron chi connectivity index (χ0n) is 10.9. The number of hydrogen-bond acceptors (Lipinski definition) is 2. The minimum Gasteiger partial charge on any atom is -0.313 e. The largest absolute Gasteiger partial charge is 0.313 e. The first-order valence-corrected chi connectivity index (χ1v) is 7.12. The minimum absolute atomic E-state index is 0.733. The summed E-state index contributed by atoms with van der Waals surface area (Å²) in [6, 6.07) is 11.5. The fourth-order valence-electron chi connectivity index (χ4n) is 3.02. The molecule has 18 heavy (non-hydrogen) atoms. The lowest BCUT2D eigenvalue weighted by molar-refractivity contribution is 0.273. The molecule has 0 aliphatic carbocycles. The van der Waals surface area contributed by atoms with Gasteiger partial charge in [-0.3, -0.25) is 4.90 Å². The Morgan fingerprint density at radius 3 is 2.78 bits per heavy atom. The quantitative estimate of drug-likeness (QED) is 0.876. The Bertz CT molecular complexity index is 404. The third kappa shape index (κ3) is 2.82. The maximum Gasteiger partial charge on any atom is 0.0195 e. The van der Waals surface area contributed by atoms with Crippen molar-refractivity contribution in [1.82, 2.24) is 10.2 Å². The van der Waals surface area contributed by atoms with Crippen LogP contribution in [0.1, 0.15) is 24.8 Å². The number of benzene rings is 1. The molecular weight excluding hydrogens is 220 g/mol. The van der Waals surface area contributed by atoms with E-state index in [1.54, 1.807) is 0 Å². The van der Waals surface area contributed by atoms with Crippen molar-refractivity contribution in [2.75, 3.05) is 26.2 Å². The average Bonchev–Trinajstić information content (AvgIpc) is 2.94. The first-order valence-electron chi connectivity index (χ1n) is 7.12. The van der Waals surface area contributed by atoms with Crippen LogP contribution in [0.2, 0.25) is 0 Å². The van der Waals surface area contributed by atoms with E-state index >= 15 is 0 Å². The van der Waals surface area contributed by atoms with Crippen LogP contribution < -0.4 is 5.32 Å². The average molecular weight is 242 g/mol. The molecule has 0 saturated carbocycles. The standard InChI is InChI=1S/C16H22N2/c1-2-5-14(6-3-1)15-8-11-18(12-9-15)13-16-7-4-10-17-16/h1-3,5-6,8,16-17H,4,7,9-13H2. The Balaban J connectivity index is 1.57. The van der Waals surface area contributed by atoms with E-state index in [0.717, 1.165) is 12.6 Å². The molecule has 2 heteroatoms. The lowest BCUT2D eigenvalue weighted by Crippen LogP contribution is -2.39. The van der Waals surface area contributed by atoms with Gasteiger partial charge in [0.15, 0.2) is 0 Å². The summed E-state index contributed by atoms with van der Waals surface area (Å²) in [6.45, 7) is 4.75. The molecule has 1 fully saturated rings. The number of hydrogen-bond donors (Lipinski definition) is 1. The second-order valence-electron chi connectivity index (χ2n) is 5.40.